The summed E-state index contributed by atoms with van der Waals surface area (Å²) in [6, 6.07) is 7.50. The second-order valence-electron chi connectivity index (χ2n) is 8.03. The average Bonchev–Trinajstić information content (AvgIpc) is 3.46. The normalized spacial score (nSPS) is 14.3. The van der Waals surface area contributed by atoms with E-state index in [2.05, 4.69) is 20.8 Å². The van der Waals surface area contributed by atoms with Gasteiger partial charge in [0.15, 0.2) is 5.16 Å². The Labute approximate surface area is 190 Å². The molecular formula is C22H28N6O3S. The molecule has 32 heavy (non-hydrogen) atoms. The maximum Gasteiger partial charge on any atom is 0.262 e. The maximum atomic E-state index is 13.2. The largest absolute Gasteiger partial charge is 0.355 e. The van der Waals surface area contributed by atoms with Crippen LogP contribution in [-0.2, 0) is 16.1 Å². The van der Waals surface area contributed by atoms with E-state index in [4.69, 9.17) is 0 Å². The first-order chi connectivity index (χ1) is 15.6. The van der Waals surface area contributed by atoms with Gasteiger partial charge in [-0.3, -0.25) is 23.4 Å². The van der Waals surface area contributed by atoms with Crippen LogP contribution in [0.4, 0.5) is 0 Å². The van der Waals surface area contributed by atoms with E-state index in [0.29, 0.717) is 28.4 Å². The number of carbonyl (C=O) groups excluding carboxylic acids is 2. The number of nitrogens with zero attached hydrogens (tertiary/aromatic N) is 4. The SMILES string of the molecule is CCCNC(=O)CSc1nnc2n(CCC(=O)NC3CCCC3)c(=O)c3ccccc3n12. The number of rotatable bonds is 9. The number of benzene rings is 1. The number of fused-ring (bicyclic) bond motifs is 3. The minimum absolute atomic E-state index is 0.0585. The Hall–Kier alpha value is -2.88. The summed E-state index contributed by atoms with van der Waals surface area (Å²) in [4.78, 5) is 37.7. The third-order valence-corrected chi connectivity index (χ3v) is 6.59. The average molecular weight is 457 g/mol. The van der Waals surface area contributed by atoms with Crippen LogP contribution in [0.25, 0.3) is 16.7 Å². The van der Waals surface area contributed by atoms with Gasteiger partial charge in [-0.25, -0.2) is 0 Å². The van der Waals surface area contributed by atoms with Gasteiger partial charge in [0.25, 0.3) is 5.56 Å². The van der Waals surface area contributed by atoms with Crippen LogP contribution in [-0.4, -0.2) is 49.3 Å². The molecule has 3 aromatic rings. The highest BCUT2D eigenvalue weighted by Crippen LogP contribution is 2.22. The molecule has 1 fully saturated rings. The second kappa shape index (κ2) is 10.2. The van der Waals surface area contributed by atoms with Crippen molar-refractivity contribution in [1.82, 2.24) is 29.8 Å². The summed E-state index contributed by atoms with van der Waals surface area (Å²) >= 11 is 1.27. The highest BCUT2D eigenvalue weighted by Gasteiger charge is 2.20. The summed E-state index contributed by atoms with van der Waals surface area (Å²) in [5.74, 6) is 0.448. The van der Waals surface area contributed by atoms with Crippen LogP contribution >= 0.6 is 11.8 Å². The first kappa shape index (κ1) is 22.3. The third-order valence-electron chi connectivity index (χ3n) is 5.67. The topological polar surface area (TPSA) is 110 Å². The molecule has 9 nitrogen and oxygen atoms in total. The Morgan fingerprint density at radius 1 is 1.16 bits per heavy atom. The number of para-hydroxylation sites is 1. The fourth-order valence-electron chi connectivity index (χ4n) is 4.06. The van der Waals surface area contributed by atoms with Crippen molar-refractivity contribution in [3.05, 3.63) is 34.6 Å². The van der Waals surface area contributed by atoms with Crippen molar-refractivity contribution in [3.8, 4) is 0 Å². The number of carbonyl (C=O) groups is 2. The predicted octanol–water partition coefficient (Wildman–Crippen LogP) is 2.11. The molecule has 0 unspecified atom stereocenters. The molecule has 2 heterocycles. The van der Waals surface area contributed by atoms with Gasteiger partial charge in [0.1, 0.15) is 0 Å². The number of aromatic nitrogens is 4. The predicted molar refractivity (Wildman–Crippen MR) is 124 cm³/mol. The van der Waals surface area contributed by atoms with Crippen LogP contribution in [0.15, 0.2) is 34.2 Å². The Morgan fingerprint density at radius 2 is 1.94 bits per heavy atom. The molecule has 170 valence electrons. The summed E-state index contributed by atoms with van der Waals surface area (Å²) in [7, 11) is 0. The molecule has 1 aliphatic rings. The molecule has 0 radical (unpaired) electrons. The van der Waals surface area contributed by atoms with E-state index < -0.39 is 0 Å². The lowest BCUT2D eigenvalue weighted by atomic mass is 10.2. The monoisotopic (exact) mass is 456 g/mol. The van der Waals surface area contributed by atoms with Gasteiger partial charge in [0.2, 0.25) is 17.6 Å². The van der Waals surface area contributed by atoms with Crippen LogP contribution in [0, 0.1) is 0 Å². The Bertz CT molecular complexity index is 1180. The zero-order chi connectivity index (χ0) is 22.5. The minimum Gasteiger partial charge on any atom is -0.355 e. The first-order valence-electron chi connectivity index (χ1n) is 11.1. The smallest absolute Gasteiger partial charge is 0.262 e. The van der Waals surface area contributed by atoms with Crippen LogP contribution in [0.3, 0.4) is 0 Å². The standard InChI is InChI=1S/C22H28N6O3S/c1-2-12-23-19(30)14-32-22-26-25-21-27(13-11-18(29)24-15-7-3-4-8-15)20(31)16-9-5-6-10-17(16)28(21)22/h5-6,9-10,15H,2-4,7-8,11-14H2,1H3,(H,23,30)(H,24,29). The number of hydrogen-bond acceptors (Lipinski definition) is 6. The van der Waals surface area contributed by atoms with Crippen molar-refractivity contribution in [2.45, 2.75) is 63.2 Å². The van der Waals surface area contributed by atoms with Gasteiger partial charge in [-0.05, 0) is 31.4 Å². The van der Waals surface area contributed by atoms with Gasteiger partial charge in [-0.1, -0.05) is 43.7 Å². The minimum atomic E-state index is -0.202. The Kier molecular flexibility index (Phi) is 7.09. The Balaban J connectivity index is 1.61. The highest BCUT2D eigenvalue weighted by molar-refractivity contribution is 7.99. The third kappa shape index (κ3) is 4.79. The summed E-state index contributed by atoms with van der Waals surface area (Å²) in [6.07, 6.45) is 5.39. The fraction of sp³-hybridized carbons (Fsp3) is 0.500. The maximum absolute atomic E-state index is 13.2. The molecule has 0 bridgehead atoms. The molecule has 0 atom stereocenters. The molecule has 4 rings (SSSR count). The van der Waals surface area contributed by atoms with E-state index in [1.807, 2.05) is 25.1 Å². The van der Waals surface area contributed by atoms with Gasteiger partial charge < -0.3 is 10.6 Å². The van der Waals surface area contributed by atoms with Crippen molar-refractivity contribution in [3.63, 3.8) is 0 Å². The van der Waals surface area contributed by atoms with Crippen molar-refractivity contribution < 1.29 is 9.59 Å². The van der Waals surface area contributed by atoms with Gasteiger partial charge in [0.05, 0.1) is 16.7 Å². The quantitative estimate of drug-likeness (QED) is 0.477. The van der Waals surface area contributed by atoms with Crippen LogP contribution < -0.4 is 16.2 Å². The van der Waals surface area contributed by atoms with Gasteiger partial charge >= 0.3 is 0 Å². The number of amides is 2. The molecule has 0 spiro atoms. The molecule has 1 saturated carbocycles. The summed E-state index contributed by atoms with van der Waals surface area (Å²) < 4.78 is 3.30. The molecule has 1 aromatic carbocycles. The number of nitrogens with one attached hydrogen (secondary N) is 2. The molecule has 2 amide bonds. The second-order valence-corrected chi connectivity index (χ2v) is 8.97. The van der Waals surface area contributed by atoms with E-state index in [-0.39, 0.29) is 42.1 Å². The van der Waals surface area contributed by atoms with E-state index >= 15 is 0 Å². The van der Waals surface area contributed by atoms with Gasteiger partial charge in [-0.15, -0.1) is 10.2 Å². The summed E-state index contributed by atoms with van der Waals surface area (Å²) in [5, 5.41) is 15.5. The lowest BCUT2D eigenvalue weighted by molar-refractivity contribution is -0.122. The van der Waals surface area contributed by atoms with E-state index in [9.17, 15) is 14.4 Å². The molecular weight excluding hydrogens is 428 g/mol. The number of thioether (sulfide) groups is 1. The van der Waals surface area contributed by atoms with Gasteiger partial charge in [-0.2, -0.15) is 0 Å². The zero-order valence-corrected chi connectivity index (χ0v) is 19.0. The fourth-order valence-corrected chi connectivity index (χ4v) is 4.83. The van der Waals surface area contributed by atoms with Crippen LogP contribution in [0.2, 0.25) is 0 Å². The lowest BCUT2D eigenvalue weighted by Crippen LogP contribution is -2.34. The molecule has 0 saturated heterocycles. The molecule has 1 aliphatic carbocycles. The van der Waals surface area contributed by atoms with Gasteiger partial charge in [0, 0.05) is 25.6 Å². The van der Waals surface area contributed by atoms with Crippen molar-refractivity contribution in [1.29, 1.82) is 0 Å². The van der Waals surface area contributed by atoms with E-state index in [1.165, 1.54) is 16.3 Å². The zero-order valence-electron chi connectivity index (χ0n) is 18.2. The number of aryl methyl sites for hydroxylation is 1. The van der Waals surface area contributed by atoms with Crippen LogP contribution in [0.5, 0.6) is 0 Å². The number of hydrogen-bond donors (Lipinski definition) is 2. The highest BCUT2D eigenvalue weighted by atomic mass is 32.2. The molecule has 2 N–H and O–H groups in total. The van der Waals surface area contributed by atoms with Crippen molar-refractivity contribution >= 4 is 40.3 Å². The van der Waals surface area contributed by atoms with Crippen LogP contribution in [0.1, 0.15) is 45.4 Å². The Morgan fingerprint density at radius 3 is 2.72 bits per heavy atom. The van der Waals surface area contributed by atoms with E-state index in [0.717, 1.165) is 32.1 Å². The van der Waals surface area contributed by atoms with Crippen molar-refractivity contribution in [2.24, 2.45) is 0 Å². The molecule has 0 aliphatic heterocycles. The first-order valence-corrected chi connectivity index (χ1v) is 12.1. The van der Waals surface area contributed by atoms with Crippen molar-refractivity contribution in [2.75, 3.05) is 12.3 Å². The van der Waals surface area contributed by atoms with E-state index in [1.54, 1.807) is 10.5 Å². The summed E-state index contributed by atoms with van der Waals surface area (Å²) in [5.41, 5.74) is 0.479. The summed E-state index contributed by atoms with van der Waals surface area (Å²) in [6.45, 7) is 2.84. The lowest BCUT2D eigenvalue weighted by Gasteiger charge is -2.13. The molecule has 2 aromatic heterocycles. The molecule has 10 heteroatoms.